The number of nitro benzene ring substituents is 1. The molecule has 0 bridgehead atoms. The molecule has 1 atom stereocenters. The van der Waals surface area contributed by atoms with E-state index in [0.29, 0.717) is 0 Å². The van der Waals surface area contributed by atoms with Gasteiger partial charge in [-0.05, 0) is 32.5 Å². The molecule has 0 aliphatic rings. The molecule has 1 N–H and O–H groups in total. The molecule has 6 nitrogen and oxygen atoms in total. The third-order valence-electron chi connectivity index (χ3n) is 2.63. The summed E-state index contributed by atoms with van der Waals surface area (Å²) in [7, 11) is 1.64. The number of benzene rings is 1. The van der Waals surface area contributed by atoms with E-state index in [9.17, 15) is 10.1 Å². The maximum Gasteiger partial charge on any atom is 0.310 e. The predicted octanol–water partition coefficient (Wildman–Crippen LogP) is 1.78. The van der Waals surface area contributed by atoms with Gasteiger partial charge in [-0.1, -0.05) is 6.07 Å². The molecule has 18 heavy (non-hydrogen) atoms. The van der Waals surface area contributed by atoms with E-state index in [0.717, 1.165) is 5.56 Å². The smallest absolute Gasteiger partial charge is 0.310 e. The van der Waals surface area contributed by atoms with Crippen molar-refractivity contribution in [3.05, 3.63) is 33.9 Å². The van der Waals surface area contributed by atoms with Crippen LogP contribution in [0.25, 0.3) is 0 Å². The maximum atomic E-state index is 10.8. The SMILES string of the molecule is CNC(C)(C#N)COc1cc(C)ccc1[N+](=O)[O-]. The van der Waals surface area contributed by atoms with Gasteiger partial charge in [0.15, 0.2) is 5.75 Å². The van der Waals surface area contributed by atoms with Gasteiger partial charge in [-0.2, -0.15) is 5.26 Å². The quantitative estimate of drug-likeness (QED) is 0.634. The first-order chi connectivity index (χ1) is 8.41. The van der Waals surface area contributed by atoms with Crippen LogP contribution in [0.15, 0.2) is 18.2 Å². The number of hydrogen-bond donors (Lipinski definition) is 1. The Morgan fingerprint density at radius 3 is 2.78 bits per heavy atom. The lowest BCUT2D eigenvalue weighted by Gasteiger charge is -2.20. The van der Waals surface area contributed by atoms with E-state index in [-0.39, 0.29) is 18.0 Å². The van der Waals surface area contributed by atoms with E-state index in [1.807, 2.05) is 6.92 Å². The summed E-state index contributed by atoms with van der Waals surface area (Å²) in [6.45, 7) is 3.51. The molecule has 0 saturated heterocycles. The van der Waals surface area contributed by atoms with Crippen molar-refractivity contribution in [1.82, 2.24) is 5.32 Å². The predicted molar refractivity (Wildman–Crippen MR) is 66.4 cm³/mol. The van der Waals surface area contributed by atoms with Crippen molar-refractivity contribution in [1.29, 1.82) is 5.26 Å². The van der Waals surface area contributed by atoms with Crippen LogP contribution in [0, 0.1) is 28.4 Å². The normalized spacial score (nSPS) is 13.4. The highest BCUT2D eigenvalue weighted by atomic mass is 16.6. The highest BCUT2D eigenvalue weighted by Crippen LogP contribution is 2.28. The molecule has 0 aromatic heterocycles. The molecule has 0 fully saturated rings. The number of nitriles is 1. The number of likely N-dealkylation sites (N-methyl/N-ethyl adjacent to an activating group) is 1. The molecule has 0 aliphatic heterocycles. The van der Waals surface area contributed by atoms with E-state index >= 15 is 0 Å². The van der Waals surface area contributed by atoms with Crippen LogP contribution in [-0.4, -0.2) is 24.1 Å². The molecule has 1 rings (SSSR count). The van der Waals surface area contributed by atoms with Crippen LogP contribution in [-0.2, 0) is 0 Å². The lowest BCUT2D eigenvalue weighted by atomic mass is 10.1. The van der Waals surface area contributed by atoms with Gasteiger partial charge < -0.3 is 4.74 Å². The zero-order valence-electron chi connectivity index (χ0n) is 10.6. The molecule has 6 heteroatoms. The molecule has 1 aromatic rings. The first-order valence-electron chi connectivity index (χ1n) is 5.40. The fraction of sp³-hybridized carbons (Fsp3) is 0.417. The van der Waals surface area contributed by atoms with E-state index in [1.54, 1.807) is 26.1 Å². The lowest BCUT2D eigenvalue weighted by molar-refractivity contribution is -0.385. The maximum absolute atomic E-state index is 10.8. The summed E-state index contributed by atoms with van der Waals surface area (Å²) in [6, 6.07) is 6.69. The fourth-order valence-electron chi connectivity index (χ4n) is 1.27. The molecule has 1 unspecified atom stereocenters. The Morgan fingerprint density at radius 1 is 1.61 bits per heavy atom. The highest BCUT2D eigenvalue weighted by molar-refractivity contribution is 5.48. The van der Waals surface area contributed by atoms with Crippen LogP contribution in [0.2, 0.25) is 0 Å². The van der Waals surface area contributed by atoms with Gasteiger partial charge in [0.1, 0.15) is 12.1 Å². The zero-order valence-corrected chi connectivity index (χ0v) is 10.6. The zero-order chi connectivity index (χ0) is 13.8. The van der Waals surface area contributed by atoms with Crippen molar-refractivity contribution in [2.24, 2.45) is 0 Å². The van der Waals surface area contributed by atoms with Gasteiger partial charge in [-0.15, -0.1) is 0 Å². The number of rotatable bonds is 5. The van der Waals surface area contributed by atoms with Crippen molar-refractivity contribution in [3.8, 4) is 11.8 Å². The molecule has 0 saturated carbocycles. The third kappa shape index (κ3) is 3.18. The van der Waals surface area contributed by atoms with Gasteiger partial charge in [0, 0.05) is 6.07 Å². The summed E-state index contributed by atoms with van der Waals surface area (Å²) in [6.07, 6.45) is 0. The fourth-order valence-corrected chi connectivity index (χ4v) is 1.27. The highest BCUT2D eigenvalue weighted by Gasteiger charge is 2.24. The van der Waals surface area contributed by atoms with E-state index in [4.69, 9.17) is 10.00 Å². The lowest BCUT2D eigenvalue weighted by Crippen LogP contribution is -2.43. The first kappa shape index (κ1) is 13.9. The second-order valence-corrected chi connectivity index (χ2v) is 4.21. The summed E-state index contributed by atoms with van der Waals surface area (Å²) >= 11 is 0. The third-order valence-corrected chi connectivity index (χ3v) is 2.63. The van der Waals surface area contributed by atoms with Crippen LogP contribution in [0.4, 0.5) is 5.69 Å². The van der Waals surface area contributed by atoms with E-state index in [1.165, 1.54) is 6.07 Å². The number of hydrogen-bond acceptors (Lipinski definition) is 5. The standard InChI is InChI=1S/C12H15N3O3/c1-9-4-5-10(15(16)17)11(6-9)18-8-12(2,7-13)14-3/h4-6,14H,8H2,1-3H3. The summed E-state index contributed by atoms with van der Waals surface area (Å²) in [4.78, 5) is 10.3. The number of nitro groups is 1. The van der Waals surface area contributed by atoms with Crippen LogP contribution in [0.5, 0.6) is 5.75 Å². The second-order valence-electron chi connectivity index (χ2n) is 4.21. The van der Waals surface area contributed by atoms with Crippen LogP contribution in [0.1, 0.15) is 12.5 Å². The van der Waals surface area contributed by atoms with Crippen molar-refractivity contribution in [2.75, 3.05) is 13.7 Å². The minimum Gasteiger partial charge on any atom is -0.484 e. The number of nitrogens with zero attached hydrogens (tertiary/aromatic N) is 2. The summed E-state index contributed by atoms with van der Waals surface area (Å²) in [5.41, 5.74) is -0.117. The number of aryl methyl sites for hydroxylation is 1. The molecule has 0 spiro atoms. The molecule has 1 aromatic carbocycles. The summed E-state index contributed by atoms with van der Waals surface area (Å²) in [5, 5.41) is 22.6. The molecule has 0 aliphatic carbocycles. The number of ether oxygens (including phenoxy) is 1. The molecule has 0 radical (unpaired) electrons. The molecular formula is C12H15N3O3. The Hall–Kier alpha value is -2.13. The van der Waals surface area contributed by atoms with Crippen molar-refractivity contribution in [2.45, 2.75) is 19.4 Å². The Bertz CT molecular complexity index is 496. The average molecular weight is 249 g/mol. The second kappa shape index (κ2) is 5.47. The van der Waals surface area contributed by atoms with Crippen molar-refractivity contribution in [3.63, 3.8) is 0 Å². The van der Waals surface area contributed by atoms with Crippen LogP contribution < -0.4 is 10.1 Å². The van der Waals surface area contributed by atoms with Gasteiger partial charge in [-0.25, -0.2) is 0 Å². The minimum absolute atomic E-state index is 0.0320. The number of nitrogens with one attached hydrogen (secondary N) is 1. The average Bonchev–Trinajstić information content (AvgIpc) is 2.35. The van der Waals surface area contributed by atoms with Gasteiger partial charge >= 0.3 is 5.69 Å². The summed E-state index contributed by atoms with van der Waals surface area (Å²) in [5.74, 6) is 0.178. The molecule has 96 valence electrons. The molecular weight excluding hydrogens is 234 g/mol. The minimum atomic E-state index is -0.877. The Kier molecular flexibility index (Phi) is 4.23. The Labute approximate surface area is 105 Å². The van der Waals surface area contributed by atoms with E-state index < -0.39 is 10.5 Å². The summed E-state index contributed by atoms with van der Waals surface area (Å²) < 4.78 is 5.40. The largest absolute Gasteiger partial charge is 0.484 e. The van der Waals surface area contributed by atoms with Crippen LogP contribution >= 0.6 is 0 Å². The van der Waals surface area contributed by atoms with Gasteiger partial charge in [-0.3, -0.25) is 15.4 Å². The Morgan fingerprint density at radius 2 is 2.28 bits per heavy atom. The van der Waals surface area contributed by atoms with Crippen molar-refractivity contribution < 1.29 is 9.66 Å². The molecule has 0 amide bonds. The topological polar surface area (TPSA) is 88.2 Å². The first-order valence-corrected chi connectivity index (χ1v) is 5.40. The van der Waals surface area contributed by atoms with Gasteiger partial charge in [0.25, 0.3) is 0 Å². The van der Waals surface area contributed by atoms with E-state index in [2.05, 4.69) is 11.4 Å². The molecule has 0 heterocycles. The Balaban J connectivity index is 2.94. The van der Waals surface area contributed by atoms with Crippen LogP contribution in [0.3, 0.4) is 0 Å². The monoisotopic (exact) mass is 249 g/mol. The van der Waals surface area contributed by atoms with Crippen molar-refractivity contribution >= 4 is 5.69 Å². The van der Waals surface area contributed by atoms with Gasteiger partial charge in [0.05, 0.1) is 11.0 Å². The van der Waals surface area contributed by atoms with Gasteiger partial charge in [0.2, 0.25) is 0 Å².